The first-order chi connectivity index (χ1) is 14.3. The number of hydrogen-bond acceptors (Lipinski definition) is 5. The highest BCUT2D eigenvalue weighted by Crippen LogP contribution is 2.32. The number of para-hydroxylation sites is 1. The van der Waals surface area contributed by atoms with E-state index in [-0.39, 0.29) is 0 Å². The first-order valence-electron chi connectivity index (χ1n) is 10.2. The molecule has 1 atom stereocenters. The molecule has 29 heavy (non-hydrogen) atoms. The Hall–Kier alpha value is -2.92. The van der Waals surface area contributed by atoms with Crippen molar-refractivity contribution in [2.24, 2.45) is 0 Å². The second-order valence-corrected chi connectivity index (χ2v) is 7.32. The van der Waals surface area contributed by atoms with Crippen molar-refractivity contribution in [2.45, 2.75) is 18.8 Å². The number of rotatable bonds is 7. The number of aromatic nitrogens is 2. The van der Waals surface area contributed by atoms with Crippen LogP contribution in [0.15, 0.2) is 67.0 Å². The van der Waals surface area contributed by atoms with Crippen LogP contribution in [-0.4, -0.2) is 48.2 Å². The summed E-state index contributed by atoms with van der Waals surface area (Å²) >= 11 is 0. The van der Waals surface area contributed by atoms with Gasteiger partial charge in [-0.2, -0.15) is 0 Å². The van der Waals surface area contributed by atoms with E-state index in [0.29, 0.717) is 12.5 Å². The smallest absolute Gasteiger partial charge is 0.119 e. The molecule has 0 saturated carbocycles. The van der Waals surface area contributed by atoms with Crippen LogP contribution in [0.4, 0.5) is 0 Å². The fourth-order valence-corrected chi connectivity index (χ4v) is 3.93. The standard InChI is InChI=1S/C24H27N3O2/c1-28-22-11-5-7-19(17-22)23-24(26-13-12-25-23)20-8-6-14-27(18-20)15-16-29-21-9-3-2-4-10-21/h2-5,7,9-13,17,20H,6,8,14-16,18H2,1H3/t20-/m1/s1. The summed E-state index contributed by atoms with van der Waals surface area (Å²) in [6, 6.07) is 18.1. The molecule has 150 valence electrons. The van der Waals surface area contributed by atoms with E-state index in [4.69, 9.17) is 14.5 Å². The Morgan fingerprint density at radius 3 is 2.69 bits per heavy atom. The second-order valence-electron chi connectivity index (χ2n) is 7.32. The first-order valence-corrected chi connectivity index (χ1v) is 10.2. The van der Waals surface area contributed by atoms with Gasteiger partial charge in [0, 0.05) is 37.0 Å². The summed E-state index contributed by atoms with van der Waals surface area (Å²) in [6.45, 7) is 3.69. The monoisotopic (exact) mass is 389 g/mol. The number of likely N-dealkylation sites (tertiary alicyclic amines) is 1. The van der Waals surface area contributed by atoms with Crippen molar-refractivity contribution in [3.8, 4) is 22.8 Å². The summed E-state index contributed by atoms with van der Waals surface area (Å²) in [7, 11) is 1.69. The molecule has 0 spiro atoms. The van der Waals surface area contributed by atoms with Crippen LogP contribution in [0.5, 0.6) is 11.5 Å². The van der Waals surface area contributed by atoms with E-state index in [9.17, 15) is 0 Å². The van der Waals surface area contributed by atoms with Crippen LogP contribution in [0.3, 0.4) is 0 Å². The molecule has 2 heterocycles. The van der Waals surface area contributed by atoms with Gasteiger partial charge in [0.1, 0.15) is 18.1 Å². The van der Waals surface area contributed by atoms with Gasteiger partial charge in [-0.3, -0.25) is 14.9 Å². The van der Waals surface area contributed by atoms with Crippen molar-refractivity contribution in [3.63, 3.8) is 0 Å². The number of benzene rings is 2. The molecule has 1 aliphatic heterocycles. The third-order valence-electron chi connectivity index (χ3n) is 5.38. The van der Waals surface area contributed by atoms with Gasteiger partial charge < -0.3 is 9.47 Å². The number of nitrogens with zero attached hydrogens (tertiary/aromatic N) is 3. The van der Waals surface area contributed by atoms with Gasteiger partial charge >= 0.3 is 0 Å². The number of hydrogen-bond donors (Lipinski definition) is 0. The van der Waals surface area contributed by atoms with Crippen LogP contribution in [0.1, 0.15) is 24.5 Å². The fourth-order valence-electron chi connectivity index (χ4n) is 3.93. The zero-order valence-corrected chi connectivity index (χ0v) is 16.8. The van der Waals surface area contributed by atoms with Gasteiger partial charge in [-0.1, -0.05) is 30.3 Å². The molecule has 5 heteroatoms. The van der Waals surface area contributed by atoms with Crippen molar-refractivity contribution in [2.75, 3.05) is 33.4 Å². The summed E-state index contributed by atoms with van der Waals surface area (Å²) in [5.74, 6) is 2.13. The largest absolute Gasteiger partial charge is 0.497 e. The van der Waals surface area contributed by atoms with E-state index >= 15 is 0 Å². The van der Waals surface area contributed by atoms with E-state index in [0.717, 1.165) is 60.9 Å². The van der Waals surface area contributed by atoms with Gasteiger partial charge in [0.25, 0.3) is 0 Å². The van der Waals surface area contributed by atoms with Gasteiger partial charge in [-0.25, -0.2) is 0 Å². The molecule has 1 aliphatic rings. The summed E-state index contributed by atoms with van der Waals surface area (Å²) in [4.78, 5) is 11.9. The highest BCUT2D eigenvalue weighted by Gasteiger charge is 2.25. The molecular formula is C24H27N3O2. The molecule has 4 rings (SSSR count). The summed E-state index contributed by atoms with van der Waals surface area (Å²) in [5.41, 5.74) is 3.09. The van der Waals surface area contributed by atoms with Gasteiger partial charge in [0.2, 0.25) is 0 Å². The average Bonchev–Trinajstić information content (AvgIpc) is 2.80. The lowest BCUT2D eigenvalue weighted by atomic mass is 9.91. The maximum absolute atomic E-state index is 5.88. The van der Waals surface area contributed by atoms with Gasteiger partial charge in [-0.15, -0.1) is 0 Å². The molecule has 2 aromatic carbocycles. The van der Waals surface area contributed by atoms with Gasteiger partial charge in [-0.05, 0) is 43.7 Å². The van der Waals surface area contributed by atoms with E-state index in [1.165, 1.54) is 0 Å². The van der Waals surface area contributed by atoms with Crippen molar-refractivity contribution in [1.29, 1.82) is 0 Å². The number of ether oxygens (including phenoxy) is 2. The van der Waals surface area contributed by atoms with Crippen molar-refractivity contribution < 1.29 is 9.47 Å². The molecule has 1 aromatic heterocycles. The molecule has 0 aliphatic carbocycles. The Kier molecular flexibility index (Phi) is 6.37. The lowest BCUT2D eigenvalue weighted by molar-refractivity contribution is 0.169. The zero-order valence-electron chi connectivity index (χ0n) is 16.8. The molecule has 0 N–H and O–H groups in total. The van der Waals surface area contributed by atoms with E-state index in [1.54, 1.807) is 19.5 Å². The normalized spacial score (nSPS) is 17.1. The summed E-state index contributed by atoms with van der Waals surface area (Å²) in [6.07, 6.45) is 5.86. The maximum Gasteiger partial charge on any atom is 0.119 e. The molecule has 3 aromatic rings. The van der Waals surface area contributed by atoms with E-state index in [1.807, 2.05) is 48.5 Å². The lowest BCUT2D eigenvalue weighted by Gasteiger charge is -2.32. The Morgan fingerprint density at radius 2 is 1.83 bits per heavy atom. The van der Waals surface area contributed by atoms with Crippen molar-refractivity contribution in [1.82, 2.24) is 14.9 Å². The van der Waals surface area contributed by atoms with E-state index in [2.05, 4.69) is 16.0 Å². The lowest BCUT2D eigenvalue weighted by Crippen LogP contribution is -2.37. The predicted octanol–water partition coefficient (Wildman–Crippen LogP) is 4.41. The van der Waals surface area contributed by atoms with Crippen LogP contribution < -0.4 is 9.47 Å². The average molecular weight is 389 g/mol. The predicted molar refractivity (Wildman–Crippen MR) is 114 cm³/mol. The SMILES string of the molecule is COc1cccc(-c2nccnc2[C@@H]2CCCN(CCOc3ccccc3)C2)c1. The molecule has 0 bridgehead atoms. The number of piperidine rings is 1. The number of methoxy groups -OCH3 is 1. The second kappa shape index (κ2) is 9.52. The molecule has 5 nitrogen and oxygen atoms in total. The van der Waals surface area contributed by atoms with Gasteiger partial charge in [0.15, 0.2) is 0 Å². The molecule has 1 saturated heterocycles. The molecule has 0 amide bonds. The minimum Gasteiger partial charge on any atom is -0.497 e. The summed E-state index contributed by atoms with van der Waals surface area (Å²) in [5, 5.41) is 0. The Bertz CT molecular complexity index is 917. The maximum atomic E-state index is 5.88. The van der Waals surface area contributed by atoms with Crippen molar-refractivity contribution in [3.05, 3.63) is 72.7 Å². The minimum atomic E-state index is 0.371. The highest BCUT2D eigenvalue weighted by molar-refractivity contribution is 5.64. The van der Waals surface area contributed by atoms with Crippen LogP contribution in [0.2, 0.25) is 0 Å². The Labute approximate surface area is 172 Å². The Morgan fingerprint density at radius 1 is 1.00 bits per heavy atom. The van der Waals surface area contributed by atoms with E-state index < -0.39 is 0 Å². The molecule has 1 fully saturated rings. The highest BCUT2D eigenvalue weighted by atomic mass is 16.5. The topological polar surface area (TPSA) is 47.5 Å². The molecule has 0 unspecified atom stereocenters. The van der Waals surface area contributed by atoms with Crippen LogP contribution in [0, 0.1) is 0 Å². The Balaban J connectivity index is 1.44. The third kappa shape index (κ3) is 4.93. The van der Waals surface area contributed by atoms with Gasteiger partial charge in [0.05, 0.1) is 18.5 Å². The van der Waals surface area contributed by atoms with Crippen LogP contribution in [-0.2, 0) is 0 Å². The van der Waals surface area contributed by atoms with Crippen LogP contribution >= 0.6 is 0 Å². The quantitative estimate of drug-likeness (QED) is 0.599. The zero-order chi connectivity index (χ0) is 19.9. The fraction of sp³-hybridized carbons (Fsp3) is 0.333. The summed E-state index contributed by atoms with van der Waals surface area (Å²) < 4.78 is 11.3. The first kappa shape index (κ1) is 19.4. The van der Waals surface area contributed by atoms with Crippen molar-refractivity contribution >= 4 is 0 Å². The molecule has 0 radical (unpaired) electrons. The van der Waals surface area contributed by atoms with Crippen LogP contribution in [0.25, 0.3) is 11.3 Å². The third-order valence-corrected chi connectivity index (χ3v) is 5.38. The minimum absolute atomic E-state index is 0.371. The molecular weight excluding hydrogens is 362 g/mol.